The average molecular weight is 222 g/mol. The Bertz CT molecular complexity index is 444. The number of carbonyl (C=O) groups is 2. The van der Waals surface area contributed by atoms with Crippen molar-refractivity contribution in [2.45, 2.75) is 25.2 Å². The number of carbonyl (C=O) groups excluding carboxylic acids is 2. The minimum absolute atomic E-state index is 0.0843. The molecule has 1 aromatic heterocycles. The summed E-state index contributed by atoms with van der Waals surface area (Å²) >= 11 is 0. The van der Waals surface area contributed by atoms with E-state index in [1.54, 1.807) is 0 Å². The molecule has 4 nitrogen and oxygen atoms in total. The van der Waals surface area contributed by atoms with Gasteiger partial charge in [0.05, 0.1) is 11.9 Å². The first-order valence-corrected chi connectivity index (χ1v) is 5.05. The van der Waals surface area contributed by atoms with E-state index >= 15 is 0 Å². The lowest BCUT2D eigenvalue weighted by Gasteiger charge is -2.22. The van der Waals surface area contributed by atoms with Crippen molar-refractivity contribution in [2.75, 3.05) is 0 Å². The first kappa shape index (κ1) is 10.7. The molecule has 84 valence electrons. The summed E-state index contributed by atoms with van der Waals surface area (Å²) in [5.41, 5.74) is -0.482. The molecule has 1 saturated heterocycles. The highest BCUT2D eigenvalue weighted by Gasteiger charge is 2.47. The number of hydrogen-bond donors (Lipinski definition) is 1. The summed E-state index contributed by atoms with van der Waals surface area (Å²) in [6, 6.07) is 2.70. The van der Waals surface area contributed by atoms with E-state index in [1.165, 1.54) is 12.1 Å². The highest BCUT2D eigenvalue weighted by molar-refractivity contribution is 6.08. The highest BCUT2D eigenvalue weighted by atomic mass is 19.1. The summed E-state index contributed by atoms with van der Waals surface area (Å²) in [6.07, 6.45) is 1.60. The van der Waals surface area contributed by atoms with Gasteiger partial charge in [0.2, 0.25) is 11.8 Å². The molecule has 5 heteroatoms. The van der Waals surface area contributed by atoms with E-state index in [0.29, 0.717) is 12.1 Å². The third-order valence-corrected chi connectivity index (χ3v) is 2.97. The Morgan fingerprint density at radius 2 is 2.25 bits per heavy atom. The lowest BCUT2D eigenvalue weighted by Crippen LogP contribution is -2.35. The Balaban J connectivity index is 2.46. The van der Waals surface area contributed by atoms with Crippen molar-refractivity contribution in [3.8, 4) is 0 Å². The summed E-state index contributed by atoms with van der Waals surface area (Å²) in [5, 5.41) is 2.26. The molecule has 1 aliphatic rings. The van der Waals surface area contributed by atoms with Crippen molar-refractivity contribution in [2.24, 2.45) is 0 Å². The molecule has 0 radical (unpaired) electrons. The highest BCUT2D eigenvalue weighted by Crippen LogP contribution is 2.34. The molecular weight excluding hydrogens is 211 g/mol. The largest absolute Gasteiger partial charge is 0.296 e. The van der Waals surface area contributed by atoms with Gasteiger partial charge in [0.1, 0.15) is 11.2 Å². The molecule has 1 aromatic rings. The number of pyridine rings is 1. The van der Waals surface area contributed by atoms with Crippen LogP contribution < -0.4 is 5.32 Å². The smallest absolute Gasteiger partial charge is 0.239 e. The van der Waals surface area contributed by atoms with Crippen LogP contribution in [0.15, 0.2) is 18.3 Å². The Hall–Kier alpha value is -1.78. The van der Waals surface area contributed by atoms with Gasteiger partial charge in [0.15, 0.2) is 0 Å². The monoisotopic (exact) mass is 222 g/mol. The van der Waals surface area contributed by atoms with Crippen molar-refractivity contribution >= 4 is 11.8 Å². The zero-order valence-electron chi connectivity index (χ0n) is 8.79. The summed E-state index contributed by atoms with van der Waals surface area (Å²) in [7, 11) is 0. The van der Waals surface area contributed by atoms with Crippen LogP contribution in [0.3, 0.4) is 0 Å². The Labute approximate surface area is 91.9 Å². The lowest BCUT2D eigenvalue weighted by atomic mass is 9.80. The van der Waals surface area contributed by atoms with Crippen molar-refractivity contribution in [1.29, 1.82) is 0 Å². The molecule has 0 spiro atoms. The summed E-state index contributed by atoms with van der Waals surface area (Å²) in [6.45, 7) is 1.81. The molecule has 1 unspecified atom stereocenters. The average Bonchev–Trinajstić information content (AvgIpc) is 2.55. The summed E-state index contributed by atoms with van der Waals surface area (Å²) in [4.78, 5) is 26.9. The number of aromatic nitrogens is 1. The fourth-order valence-electron chi connectivity index (χ4n) is 1.98. The van der Waals surface area contributed by atoms with E-state index in [2.05, 4.69) is 10.3 Å². The van der Waals surface area contributed by atoms with Crippen LogP contribution in [0.2, 0.25) is 0 Å². The molecule has 2 rings (SSSR count). The van der Waals surface area contributed by atoms with Crippen LogP contribution in [0.4, 0.5) is 4.39 Å². The quantitative estimate of drug-likeness (QED) is 0.757. The SMILES string of the molecule is CCC1(c2ccc(F)cn2)CC(=O)NC1=O. The third-order valence-electron chi connectivity index (χ3n) is 2.97. The van der Waals surface area contributed by atoms with Crippen LogP contribution in [0.1, 0.15) is 25.5 Å². The van der Waals surface area contributed by atoms with Crippen molar-refractivity contribution in [3.63, 3.8) is 0 Å². The standard InChI is InChI=1S/C11H11FN2O2/c1-2-11(5-9(15)14-10(11)16)8-4-3-7(12)6-13-8/h3-4,6H,2,5H2,1H3,(H,14,15,16). The molecule has 2 amide bonds. The Morgan fingerprint density at radius 3 is 2.69 bits per heavy atom. The number of hydrogen-bond acceptors (Lipinski definition) is 3. The van der Waals surface area contributed by atoms with Gasteiger partial charge in [-0.05, 0) is 18.6 Å². The number of imide groups is 1. The molecule has 2 heterocycles. The van der Waals surface area contributed by atoms with Gasteiger partial charge in [-0.15, -0.1) is 0 Å². The molecule has 0 aromatic carbocycles. The normalized spacial score (nSPS) is 24.6. The van der Waals surface area contributed by atoms with E-state index in [4.69, 9.17) is 0 Å². The van der Waals surface area contributed by atoms with E-state index < -0.39 is 11.2 Å². The van der Waals surface area contributed by atoms with E-state index in [0.717, 1.165) is 6.20 Å². The Morgan fingerprint density at radius 1 is 1.50 bits per heavy atom. The van der Waals surface area contributed by atoms with Crippen molar-refractivity contribution in [1.82, 2.24) is 10.3 Å². The van der Waals surface area contributed by atoms with Crippen LogP contribution in [0.25, 0.3) is 0 Å². The van der Waals surface area contributed by atoms with Crippen molar-refractivity contribution in [3.05, 3.63) is 29.8 Å². The predicted octanol–water partition coefficient (Wildman–Crippen LogP) is 0.915. The second kappa shape index (κ2) is 3.66. The summed E-state index contributed by atoms with van der Waals surface area (Å²) in [5.74, 6) is -1.11. The zero-order valence-corrected chi connectivity index (χ0v) is 8.79. The molecule has 0 bridgehead atoms. The van der Waals surface area contributed by atoms with Gasteiger partial charge in [0, 0.05) is 6.42 Å². The fourth-order valence-corrected chi connectivity index (χ4v) is 1.98. The second-order valence-corrected chi connectivity index (χ2v) is 3.85. The van der Waals surface area contributed by atoms with Gasteiger partial charge >= 0.3 is 0 Å². The van der Waals surface area contributed by atoms with E-state index in [-0.39, 0.29) is 18.2 Å². The van der Waals surface area contributed by atoms with Crippen LogP contribution in [0, 0.1) is 5.82 Å². The maximum absolute atomic E-state index is 12.7. The van der Waals surface area contributed by atoms with Crippen molar-refractivity contribution < 1.29 is 14.0 Å². The minimum atomic E-state index is -0.926. The minimum Gasteiger partial charge on any atom is -0.296 e. The fraction of sp³-hybridized carbons (Fsp3) is 0.364. The maximum Gasteiger partial charge on any atom is 0.239 e. The lowest BCUT2D eigenvalue weighted by molar-refractivity contribution is -0.126. The number of nitrogens with zero attached hydrogens (tertiary/aromatic N) is 1. The maximum atomic E-state index is 12.7. The van der Waals surface area contributed by atoms with Gasteiger partial charge in [-0.1, -0.05) is 6.92 Å². The first-order valence-electron chi connectivity index (χ1n) is 5.05. The number of rotatable bonds is 2. The predicted molar refractivity (Wildman–Crippen MR) is 53.9 cm³/mol. The molecule has 1 fully saturated rings. The van der Waals surface area contributed by atoms with Crippen LogP contribution >= 0.6 is 0 Å². The van der Waals surface area contributed by atoms with Crippen LogP contribution in [-0.4, -0.2) is 16.8 Å². The third kappa shape index (κ3) is 1.48. The number of amides is 2. The topological polar surface area (TPSA) is 59.1 Å². The Kier molecular flexibility index (Phi) is 2.46. The molecular formula is C11H11FN2O2. The number of nitrogens with one attached hydrogen (secondary N) is 1. The van der Waals surface area contributed by atoms with Gasteiger partial charge in [0.25, 0.3) is 0 Å². The molecule has 1 aliphatic heterocycles. The van der Waals surface area contributed by atoms with Gasteiger partial charge in [-0.25, -0.2) is 4.39 Å². The van der Waals surface area contributed by atoms with Gasteiger partial charge in [-0.3, -0.25) is 19.9 Å². The molecule has 0 aliphatic carbocycles. The van der Waals surface area contributed by atoms with Gasteiger partial charge in [-0.2, -0.15) is 0 Å². The first-order chi connectivity index (χ1) is 7.58. The number of halogens is 1. The van der Waals surface area contributed by atoms with Gasteiger partial charge < -0.3 is 0 Å². The molecule has 0 saturated carbocycles. The zero-order chi connectivity index (χ0) is 11.8. The second-order valence-electron chi connectivity index (χ2n) is 3.85. The van der Waals surface area contributed by atoms with Crippen LogP contribution in [-0.2, 0) is 15.0 Å². The molecule has 1 atom stereocenters. The van der Waals surface area contributed by atoms with E-state index in [9.17, 15) is 14.0 Å². The molecule has 16 heavy (non-hydrogen) atoms. The van der Waals surface area contributed by atoms with E-state index in [1.807, 2.05) is 6.92 Å². The summed E-state index contributed by atoms with van der Waals surface area (Å²) < 4.78 is 12.7. The van der Waals surface area contributed by atoms with Crippen LogP contribution in [0.5, 0.6) is 0 Å². The molecule has 1 N–H and O–H groups in total.